The Labute approximate surface area is 154 Å². The molecule has 0 saturated heterocycles. The highest BCUT2D eigenvalue weighted by Gasteiger charge is 2.55. The average molecular weight is 378 g/mol. The van der Waals surface area contributed by atoms with Crippen LogP contribution in [0.2, 0.25) is 0 Å². The zero-order valence-corrected chi connectivity index (χ0v) is 14.5. The summed E-state index contributed by atoms with van der Waals surface area (Å²) in [6, 6.07) is -0.707. The Kier molecular flexibility index (Phi) is 3.94. The van der Waals surface area contributed by atoms with Crippen molar-refractivity contribution in [3.63, 3.8) is 0 Å². The van der Waals surface area contributed by atoms with Crippen LogP contribution in [0.5, 0.6) is 0 Å². The van der Waals surface area contributed by atoms with Gasteiger partial charge in [-0.3, -0.25) is 0 Å². The van der Waals surface area contributed by atoms with E-state index in [9.17, 15) is 13.2 Å². The van der Waals surface area contributed by atoms with Gasteiger partial charge in [0.05, 0.1) is 17.9 Å². The van der Waals surface area contributed by atoms with Crippen molar-refractivity contribution in [3.05, 3.63) is 28.6 Å². The minimum atomic E-state index is -4.69. The third-order valence-electron chi connectivity index (χ3n) is 6.45. The van der Waals surface area contributed by atoms with Gasteiger partial charge in [0.2, 0.25) is 0 Å². The largest absolute Gasteiger partial charge is 0.431 e. The fourth-order valence-corrected chi connectivity index (χ4v) is 5.47. The maximum atomic E-state index is 13.3. The molecule has 0 unspecified atom stereocenters. The van der Waals surface area contributed by atoms with E-state index in [-0.39, 0.29) is 29.1 Å². The molecule has 0 spiro atoms. The predicted octanol–water partition coefficient (Wildman–Crippen LogP) is 3.01. The van der Waals surface area contributed by atoms with Gasteiger partial charge < -0.3 is 27.6 Å². The van der Waals surface area contributed by atoms with Gasteiger partial charge in [-0.05, 0) is 48.5 Å². The third-order valence-corrected chi connectivity index (χ3v) is 6.45. The number of aromatic nitrogens is 1. The molecule has 2 bridgehead atoms. The molecule has 0 aromatic carbocycles. The fraction of sp³-hybridized carbons (Fsp3) is 0.500. The van der Waals surface area contributed by atoms with Crippen molar-refractivity contribution in [3.8, 4) is 0 Å². The molecule has 1 aliphatic heterocycles. The van der Waals surface area contributed by atoms with Crippen LogP contribution in [0.15, 0.2) is 17.5 Å². The molecule has 5 atom stereocenters. The molecule has 9 heteroatoms. The summed E-state index contributed by atoms with van der Waals surface area (Å²) >= 11 is 0. The Morgan fingerprint density at radius 3 is 2.59 bits per heavy atom. The minimum Gasteiger partial charge on any atom is -0.394 e. The quantitative estimate of drug-likeness (QED) is 0.519. The lowest BCUT2D eigenvalue weighted by Crippen LogP contribution is -2.45. The lowest BCUT2D eigenvalue weighted by molar-refractivity contribution is -0.0935. The molecule has 0 amide bonds. The molecule has 2 saturated carbocycles. The van der Waals surface area contributed by atoms with Crippen molar-refractivity contribution in [2.45, 2.75) is 37.4 Å². The molecule has 2 fully saturated rings. The van der Waals surface area contributed by atoms with Gasteiger partial charge in [-0.25, -0.2) is 4.98 Å². The summed E-state index contributed by atoms with van der Waals surface area (Å²) in [5.74, 6) is 0.720. The summed E-state index contributed by atoms with van der Waals surface area (Å²) in [5, 5.41) is 18.5. The number of anilines is 2. The zero-order valence-electron chi connectivity index (χ0n) is 14.5. The zero-order chi connectivity index (χ0) is 19.5. The smallest absolute Gasteiger partial charge is 0.394 e. The van der Waals surface area contributed by atoms with Crippen LogP contribution < -0.4 is 16.8 Å². The summed E-state index contributed by atoms with van der Waals surface area (Å²) in [4.78, 5) is 4.09. The van der Waals surface area contributed by atoms with Crippen LogP contribution >= 0.6 is 0 Å². The summed E-state index contributed by atoms with van der Waals surface area (Å²) in [6.45, 7) is 0. The number of halogens is 3. The minimum absolute atomic E-state index is 0.0112. The number of rotatable bonds is 3. The maximum absolute atomic E-state index is 13.3. The van der Waals surface area contributed by atoms with E-state index in [0.717, 1.165) is 31.0 Å². The molecule has 27 heavy (non-hydrogen) atoms. The molecule has 0 radical (unpaired) electrons. The Bertz CT molecular complexity index is 846. The number of nitrogens with two attached hydrogens (primary N) is 2. The second-order valence-electron chi connectivity index (χ2n) is 7.60. The number of fused-ring (bicyclic) bond motifs is 7. The maximum Gasteiger partial charge on any atom is 0.431 e. The van der Waals surface area contributed by atoms with Gasteiger partial charge in [0.25, 0.3) is 0 Å². The summed E-state index contributed by atoms with van der Waals surface area (Å²) in [6.07, 6.45) is 1.61. The number of nitrogens with zero attached hydrogens (tertiary/aromatic N) is 1. The molecule has 4 rings (SSSR count). The number of alkyl halides is 3. The number of pyridine rings is 1. The van der Waals surface area contributed by atoms with Gasteiger partial charge in [-0.2, -0.15) is 13.2 Å². The first kappa shape index (κ1) is 17.8. The lowest BCUT2D eigenvalue weighted by atomic mass is 9.67. The SMILES string of the molecule is N=C/C(=C(\N)C(F)(F)F)[C@@H]1Nc2cnc(N)c(C=N)c2[C@H]2[C@@H]3CC[C@H](C3)[C@H]21. The predicted molar refractivity (Wildman–Crippen MR) is 97.1 cm³/mol. The Hall–Kier alpha value is -2.58. The number of allylic oxidation sites excluding steroid dienone is 1. The second kappa shape index (κ2) is 5.97. The molecule has 2 aliphatic carbocycles. The van der Waals surface area contributed by atoms with Gasteiger partial charge in [0.1, 0.15) is 11.5 Å². The van der Waals surface area contributed by atoms with Crippen LogP contribution in [0.25, 0.3) is 0 Å². The van der Waals surface area contributed by atoms with E-state index < -0.39 is 17.9 Å². The van der Waals surface area contributed by atoms with Crippen LogP contribution in [0.1, 0.15) is 36.3 Å². The second-order valence-corrected chi connectivity index (χ2v) is 7.60. The Morgan fingerprint density at radius 2 is 1.96 bits per heavy atom. The van der Waals surface area contributed by atoms with Crippen molar-refractivity contribution in [2.75, 3.05) is 11.1 Å². The summed E-state index contributed by atoms with van der Waals surface area (Å²) in [5.41, 5.74) is 11.9. The number of nitrogens with one attached hydrogen (secondary N) is 3. The van der Waals surface area contributed by atoms with E-state index in [4.69, 9.17) is 22.3 Å². The monoisotopic (exact) mass is 378 g/mol. The first-order valence-corrected chi connectivity index (χ1v) is 8.90. The Balaban J connectivity index is 1.90. The first-order valence-electron chi connectivity index (χ1n) is 8.90. The van der Waals surface area contributed by atoms with E-state index in [2.05, 4.69) is 10.3 Å². The van der Waals surface area contributed by atoms with Gasteiger partial charge >= 0.3 is 6.18 Å². The molecule has 144 valence electrons. The molecular formula is C18H21F3N6. The molecule has 2 heterocycles. The van der Waals surface area contributed by atoms with Crippen molar-refractivity contribution in [2.24, 2.45) is 23.5 Å². The van der Waals surface area contributed by atoms with E-state index >= 15 is 0 Å². The number of hydrogen-bond acceptors (Lipinski definition) is 6. The lowest BCUT2D eigenvalue weighted by Gasteiger charge is -2.44. The molecular weight excluding hydrogens is 357 g/mol. The van der Waals surface area contributed by atoms with Crippen LogP contribution in [0.3, 0.4) is 0 Å². The van der Waals surface area contributed by atoms with Gasteiger partial charge in [0.15, 0.2) is 0 Å². The number of hydrogen-bond donors (Lipinski definition) is 5. The molecule has 6 nitrogen and oxygen atoms in total. The van der Waals surface area contributed by atoms with Crippen molar-refractivity contribution in [1.29, 1.82) is 10.8 Å². The van der Waals surface area contributed by atoms with E-state index in [0.29, 0.717) is 17.2 Å². The Morgan fingerprint density at radius 1 is 1.26 bits per heavy atom. The van der Waals surface area contributed by atoms with E-state index in [1.807, 2.05) is 0 Å². The molecule has 1 aromatic heterocycles. The van der Waals surface area contributed by atoms with Crippen LogP contribution in [-0.2, 0) is 0 Å². The highest BCUT2D eigenvalue weighted by molar-refractivity contribution is 5.90. The topological polar surface area (TPSA) is 125 Å². The van der Waals surface area contributed by atoms with Crippen molar-refractivity contribution < 1.29 is 13.2 Å². The van der Waals surface area contributed by atoms with Gasteiger partial charge in [-0.15, -0.1) is 0 Å². The van der Waals surface area contributed by atoms with E-state index in [1.165, 1.54) is 12.4 Å². The molecule has 1 aromatic rings. The normalized spacial score (nSPS) is 32.2. The van der Waals surface area contributed by atoms with Crippen molar-refractivity contribution in [1.82, 2.24) is 4.98 Å². The van der Waals surface area contributed by atoms with Gasteiger partial charge in [-0.1, -0.05) is 0 Å². The average Bonchev–Trinajstić information content (AvgIpc) is 3.23. The fourth-order valence-electron chi connectivity index (χ4n) is 5.47. The first-order chi connectivity index (χ1) is 12.8. The highest BCUT2D eigenvalue weighted by atomic mass is 19.4. The van der Waals surface area contributed by atoms with Crippen LogP contribution in [-0.4, -0.2) is 29.6 Å². The summed E-state index contributed by atoms with van der Waals surface area (Å²) < 4.78 is 39.8. The van der Waals surface area contributed by atoms with Crippen molar-refractivity contribution >= 4 is 23.9 Å². The van der Waals surface area contributed by atoms with E-state index in [1.54, 1.807) is 0 Å². The van der Waals surface area contributed by atoms with Crippen LogP contribution in [0, 0.1) is 28.6 Å². The van der Waals surface area contributed by atoms with Gasteiger partial charge in [0, 0.05) is 23.6 Å². The summed E-state index contributed by atoms with van der Waals surface area (Å²) in [7, 11) is 0. The molecule has 3 aliphatic rings. The third kappa shape index (κ3) is 2.51. The number of nitrogen functional groups attached to an aromatic ring is 1. The molecule has 7 N–H and O–H groups in total. The standard InChI is InChI=1S/C18H21F3N6/c19-18(20,21)16(24)10(5-23)15-13-8-2-1-7(3-8)12(13)14-9(4-22)17(25)26-6-11(14)27-15/h4-8,12-13,15,22-23,27H,1-3,24H2,(H2,25,26)/b16-10+,22-4?,23-5?/t7-,8-,12+,13-,15+/m1/s1. The highest BCUT2D eigenvalue weighted by Crippen LogP contribution is 2.62. The van der Waals surface area contributed by atoms with Crippen LogP contribution in [0.4, 0.5) is 24.7 Å².